The van der Waals surface area contributed by atoms with Crippen LogP contribution in [0.25, 0.3) is 0 Å². The number of nitrogens with one attached hydrogen (secondary N) is 1. The molecule has 0 aromatic carbocycles. The van der Waals surface area contributed by atoms with E-state index in [9.17, 15) is 0 Å². The first kappa shape index (κ1) is 22.0. The molecule has 1 aliphatic rings. The summed E-state index contributed by atoms with van der Waals surface area (Å²) >= 11 is 0. The fourth-order valence-electron chi connectivity index (χ4n) is 3.12. The fourth-order valence-corrected chi connectivity index (χ4v) is 3.12. The van der Waals surface area contributed by atoms with Gasteiger partial charge in [-0.25, -0.2) is 0 Å². The molecule has 1 N–H and O–H groups in total. The molecule has 0 saturated heterocycles. The summed E-state index contributed by atoms with van der Waals surface area (Å²) in [6.45, 7) is 5.51. The Kier molecular flexibility index (Phi) is 13.4. The first-order valence-electron chi connectivity index (χ1n) is 8.81. The Morgan fingerprint density at radius 3 is 2.36 bits per heavy atom. The highest BCUT2D eigenvalue weighted by Gasteiger charge is 2.17. The number of halogens is 1. The van der Waals surface area contributed by atoms with Crippen molar-refractivity contribution in [3.63, 3.8) is 0 Å². The molecule has 0 heterocycles. The Hall–Kier alpha value is -0.0400. The largest absolute Gasteiger partial charge is 0.356 e. The predicted molar refractivity (Wildman–Crippen MR) is 108 cm³/mol. The number of hydrogen-bond donors (Lipinski definition) is 1. The summed E-state index contributed by atoms with van der Waals surface area (Å²) in [4.78, 5) is 9.16. The molecule has 0 unspecified atom stereocenters. The van der Waals surface area contributed by atoms with Crippen molar-refractivity contribution >= 4 is 29.9 Å². The minimum atomic E-state index is 0. The summed E-state index contributed by atoms with van der Waals surface area (Å²) < 4.78 is 0. The van der Waals surface area contributed by atoms with Crippen molar-refractivity contribution in [3.05, 3.63) is 0 Å². The van der Waals surface area contributed by atoms with E-state index < -0.39 is 0 Å². The third-order valence-electron chi connectivity index (χ3n) is 4.59. The molecule has 22 heavy (non-hydrogen) atoms. The van der Waals surface area contributed by atoms with E-state index in [2.05, 4.69) is 41.1 Å². The van der Waals surface area contributed by atoms with Crippen molar-refractivity contribution in [2.45, 2.75) is 64.3 Å². The van der Waals surface area contributed by atoms with Gasteiger partial charge in [0, 0.05) is 33.2 Å². The van der Waals surface area contributed by atoms with Crippen LogP contribution < -0.4 is 5.32 Å². The van der Waals surface area contributed by atoms with Gasteiger partial charge in [-0.2, -0.15) is 0 Å². The van der Waals surface area contributed by atoms with Crippen LogP contribution in [0.5, 0.6) is 0 Å². The fraction of sp³-hybridized carbons (Fsp3) is 0.941. The van der Waals surface area contributed by atoms with Crippen LogP contribution in [0.15, 0.2) is 4.99 Å². The smallest absolute Gasteiger partial charge is 0.193 e. The number of hydrogen-bond acceptors (Lipinski definition) is 2. The van der Waals surface area contributed by atoms with E-state index in [1.807, 2.05) is 7.05 Å². The van der Waals surface area contributed by atoms with Crippen molar-refractivity contribution in [1.29, 1.82) is 0 Å². The Bertz CT molecular complexity index is 290. The first-order valence-corrected chi connectivity index (χ1v) is 8.81. The van der Waals surface area contributed by atoms with E-state index in [1.165, 1.54) is 57.9 Å². The van der Waals surface area contributed by atoms with Crippen LogP contribution in [0.3, 0.4) is 0 Å². The van der Waals surface area contributed by atoms with E-state index in [-0.39, 0.29) is 24.0 Å². The number of unbranched alkanes of at least 4 members (excludes halogenated alkanes) is 1. The molecule has 0 spiro atoms. The van der Waals surface area contributed by atoms with Gasteiger partial charge in [-0.15, -0.1) is 24.0 Å². The van der Waals surface area contributed by atoms with Gasteiger partial charge in [0.1, 0.15) is 0 Å². The number of rotatable bonds is 8. The Morgan fingerprint density at radius 1 is 1.09 bits per heavy atom. The topological polar surface area (TPSA) is 30.9 Å². The van der Waals surface area contributed by atoms with Gasteiger partial charge < -0.3 is 15.1 Å². The first-order chi connectivity index (χ1) is 10.2. The Labute approximate surface area is 155 Å². The third-order valence-corrected chi connectivity index (χ3v) is 4.59. The molecular formula is C17H37IN4. The van der Waals surface area contributed by atoms with Crippen LogP contribution in [0, 0.1) is 0 Å². The highest BCUT2D eigenvalue weighted by molar-refractivity contribution is 14.0. The molecular weight excluding hydrogens is 387 g/mol. The lowest BCUT2D eigenvalue weighted by molar-refractivity contribution is 0.190. The SMILES string of the molecule is CCCCN(C)C(=NC)NCCCN(C)C1CCCCC1.I. The number of guanidine groups is 1. The minimum Gasteiger partial charge on any atom is -0.356 e. The normalized spacial score (nSPS) is 16.5. The zero-order chi connectivity index (χ0) is 15.5. The second-order valence-electron chi connectivity index (χ2n) is 6.38. The monoisotopic (exact) mass is 424 g/mol. The van der Waals surface area contributed by atoms with Gasteiger partial charge in [0.25, 0.3) is 0 Å². The lowest BCUT2D eigenvalue weighted by atomic mass is 9.94. The molecule has 1 fully saturated rings. The lowest BCUT2D eigenvalue weighted by Crippen LogP contribution is -2.41. The molecule has 1 aliphatic carbocycles. The van der Waals surface area contributed by atoms with Crippen LogP contribution in [0.4, 0.5) is 0 Å². The van der Waals surface area contributed by atoms with E-state index >= 15 is 0 Å². The molecule has 0 atom stereocenters. The van der Waals surface area contributed by atoms with Crippen LogP contribution >= 0.6 is 24.0 Å². The van der Waals surface area contributed by atoms with Gasteiger partial charge in [0.2, 0.25) is 0 Å². The van der Waals surface area contributed by atoms with E-state index in [4.69, 9.17) is 0 Å². The molecule has 132 valence electrons. The van der Waals surface area contributed by atoms with Crippen LogP contribution in [-0.4, -0.2) is 62.6 Å². The summed E-state index contributed by atoms with van der Waals surface area (Å²) in [5.41, 5.74) is 0. The molecule has 0 aromatic rings. The zero-order valence-electron chi connectivity index (χ0n) is 15.1. The number of aliphatic imine (C=N–C) groups is 1. The second-order valence-corrected chi connectivity index (χ2v) is 6.38. The maximum atomic E-state index is 4.37. The predicted octanol–water partition coefficient (Wildman–Crippen LogP) is 3.57. The van der Waals surface area contributed by atoms with Gasteiger partial charge in [0.15, 0.2) is 5.96 Å². The van der Waals surface area contributed by atoms with E-state index in [0.29, 0.717) is 0 Å². The molecule has 0 amide bonds. The Morgan fingerprint density at radius 2 is 1.77 bits per heavy atom. The van der Waals surface area contributed by atoms with Crippen LogP contribution in [-0.2, 0) is 0 Å². The summed E-state index contributed by atoms with van der Waals surface area (Å²) in [6.07, 6.45) is 10.7. The van der Waals surface area contributed by atoms with E-state index in [1.54, 1.807) is 0 Å². The second kappa shape index (κ2) is 13.4. The molecule has 1 rings (SSSR count). The van der Waals surface area contributed by atoms with Crippen molar-refractivity contribution in [1.82, 2.24) is 15.1 Å². The average Bonchev–Trinajstić information content (AvgIpc) is 2.53. The summed E-state index contributed by atoms with van der Waals surface area (Å²) in [7, 11) is 6.29. The van der Waals surface area contributed by atoms with Gasteiger partial charge in [-0.05, 0) is 39.3 Å². The highest BCUT2D eigenvalue weighted by atomic mass is 127. The van der Waals surface area contributed by atoms with Crippen molar-refractivity contribution in [3.8, 4) is 0 Å². The quantitative estimate of drug-likeness (QED) is 0.280. The van der Waals surface area contributed by atoms with Gasteiger partial charge >= 0.3 is 0 Å². The van der Waals surface area contributed by atoms with Gasteiger partial charge in [0.05, 0.1) is 0 Å². The third kappa shape index (κ3) is 8.56. The standard InChI is InChI=1S/C17H36N4.HI/c1-5-6-14-21(4)17(18-2)19-13-10-15-20(3)16-11-8-7-9-12-16;/h16H,5-15H2,1-4H3,(H,18,19);1H. The molecule has 0 aromatic heterocycles. The van der Waals surface area contributed by atoms with Gasteiger partial charge in [-0.3, -0.25) is 4.99 Å². The molecule has 1 saturated carbocycles. The Balaban J connectivity index is 0.00000441. The molecule has 4 nitrogen and oxygen atoms in total. The molecule has 0 bridgehead atoms. The molecule has 5 heteroatoms. The average molecular weight is 424 g/mol. The van der Waals surface area contributed by atoms with Crippen molar-refractivity contribution < 1.29 is 0 Å². The van der Waals surface area contributed by atoms with Crippen molar-refractivity contribution in [2.75, 3.05) is 40.8 Å². The van der Waals surface area contributed by atoms with Crippen LogP contribution in [0.1, 0.15) is 58.3 Å². The summed E-state index contributed by atoms with van der Waals surface area (Å²) in [5, 5.41) is 3.49. The molecule has 0 aliphatic heterocycles. The van der Waals surface area contributed by atoms with Gasteiger partial charge in [-0.1, -0.05) is 32.6 Å². The number of nitrogens with zero attached hydrogens (tertiary/aromatic N) is 3. The van der Waals surface area contributed by atoms with Crippen LogP contribution in [0.2, 0.25) is 0 Å². The van der Waals surface area contributed by atoms with Crippen molar-refractivity contribution in [2.24, 2.45) is 4.99 Å². The highest BCUT2D eigenvalue weighted by Crippen LogP contribution is 2.21. The zero-order valence-corrected chi connectivity index (χ0v) is 17.4. The van der Waals surface area contributed by atoms with E-state index in [0.717, 1.165) is 25.1 Å². The summed E-state index contributed by atoms with van der Waals surface area (Å²) in [5.74, 6) is 1.03. The molecule has 0 radical (unpaired) electrons. The minimum absolute atomic E-state index is 0. The maximum absolute atomic E-state index is 4.37. The lowest BCUT2D eigenvalue weighted by Gasteiger charge is -2.31. The maximum Gasteiger partial charge on any atom is 0.193 e. The summed E-state index contributed by atoms with van der Waals surface area (Å²) in [6, 6.07) is 0.824.